The lowest BCUT2D eigenvalue weighted by molar-refractivity contribution is 0.521. The van der Waals surface area contributed by atoms with Gasteiger partial charge in [-0.1, -0.05) is 30.3 Å². The lowest BCUT2D eigenvalue weighted by Crippen LogP contribution is -2.22. The summed E-state index contributed by atoms with van der Waals surface area (Å²) >= 11 is 7.45. The van der Waals surface area contributed by atoms with Crippen molar-refractivity contribution in [2.24, 2.45) is 0 Å². The third kappa shape index (κ3) is 4.29. The van der Waals surface area contributed by atoms with E-state index in [2.05, 4.69) is 16.5 Å². The molecule has 3 rings (SSSR count). The summed E-state index contributed by atoms with van der Waals surface area (Å²) in [5.74, 6) is 1.53. The molecule has 0 bridgehead atoms. The first-order valence-electron chi connectivity index (χ1n) is 8.49. The van der Waals surface area contributed by atoms with E-state index in [0.717, 1.165) is 29.3 Å². The second-order valence-electron chi connectivity index (χ2n) is 6.22. The average molecular weight is 425 g/mol. The third-order valence-electron chi connectivity index (χ3n) is 4.07. The number of aromatic nitrogens is 3. The first-order chi connectivity index (χ1) is 12.8. The van der Waals surface area contributed by atoms with Gasteiger partial charge in [0.25, 0.3) is 0 Å². The fraction of sp³-hybridized carbons (Fsp3) is 0.333. The molecule has 0 saturated carbocycles. The largest absolute Gasteiger partial charge is 0.327 e. The van der Waals surface area contributed by atoms with E-state index in [9.17, 15) is 8.42 Å². The fourth-order valence-electron chi connectivity index (χ4n) is 2.70. The van der Waals surface area contributed by atoms with E-state index in [1.54, 1.807) is 30.1 Å². The molecular formula is C18H21ClN4O2S2. The number of halogens is 1. The lowest BCUT2D eigenvalue weighted by Gasteiger charge is -2.11. The molecule has 1 aromatic carbocycles. The molecule has 9 heteroatoms. The second kappa shape index (κ2) is 8.18. The van der Waals surface area contributed by atoms with Crippen LogP contribution in [0.4, 0.5) is 0 Å². The maximum Gasteiger partial charge on any atom is 0.242 e. The molecule has 0 aliphatic heterocycles. The highest BCUT2D eigenvalue weighted by Crippen LogP contribution is 2.27. The molecular weight excluding hydrogens is 404 g/mol. The maximum absolute atomic E-state index is 12.4. The summed E-state index contributed by atoms with van der Waals surface area (Å²) in [6.45, 7) is 2.93. The third-order valence-corrected chi connectivity index (χ3v) is 7.05. The zero-order chi connectivity index (χ0) is 19.6. The Bertz CT molecular complexity index is 1050. The smallest absolute Gasteiger partial charge is 0.242 e. The molecule has 0 aliphatic rings. The van der Waals surface area contributed by atoms with E-state index in [-0.39, 0.29) is 4.90 Å². The van der Waals surface area contributed by atoms with Crippen LogP contribution in [0.2, 0.25) is 5.02 Å². The van der Waals surface area contributed by atoms with Crippen molar-refractivity contribution in [2.75, 3.05) is 14.1 Å². The van der Waals surface area contributed by atoms with E-state index >= 15 is 0 Å². The van der Waals surface area contributed by atoms with Crippen molar-refractivity contribution in [1.29, 1.82) is 0 Å². The van der Waals surface area contributed by atoms with Gasteiger partial charge in [-0.25, -0.2) is 22.7 Å². The zero-order valence-electron chi connectivity index (χ0n) is 15.4. The van der Waals surface area contributed by atoms with E-state index in [0.29, 0.717) is 16.3 Å². The Kier molecular flexibility index (Phi) is 6.10. The Morgan fingerprint density at radius 1 is 1.22 bits per heavy atom. The van der Waals surface area contributed by atoms with Crippen molar-refractivity contribution in [3.63, 3.8) is 0 Å². The number of hydrogen-bond acceptors (Lipinski definition) is 5. The van der Waals surface area contributed by atoms with Gasteiger partial charge in [0, 0.05) is 26.8 Å². The number of fused-ring (bicyclic) bond motifs is 1. The number of rotatable bonds is 7. The van der Waals surface area contributed by atoms with E-state index < -0.39 is 10.0 Å². The number of benzene rings is 1. The van der Waals surface area contributed by atoms with Crippen molar-refractivity contribution in [3.05, 3.63) is 47.4 Å². The standard InChI is InChI=1S/C18H21ClN4O2S2/c1-4-9-23-16-7-6-14(27(24,25)22(2)3)10-15(16)21-17(23)12-26-18-8-5-13(19)11-20-18/h5-8,10-11H,4,9,12H2,1-3H3. The Morgan fingerprint density at radius 3 is 2.63 bits per heavy atom. The van der Waals surface area contributed by atoms with Crippen LogP contribution in [0.3, 0.4) is 0 Å². The molecule has 6 nitrogen and oxygen atoms in total. The monoisotopic (exact) mass is 424 g/mol. The number of imidazole rings is 1. The molecule has 0 radical (unpaired) electrons. The lowest BCUT2D eigenvalue weighted by atomic mass is 10.3. The summed E-state index contributed by atoms with van der Waals surface area (Å²) in [4.78, 5) is 9.25. The Hall–Kier alpha value is -1.61. The number of nitrogens with zero attached hydrogens (tertiary/aromatic N) is 4. The molecule has 2 heterocycles. The van der Waals surface area contributed by atoms with Gasteiger partial charge in [-0.15, -0.1) is 0 Å². The first kappa shape index (κ1) is 20.1. The molecule has 0 saturated heterocycles. The molecule has 0 fully saturated rings. The van der Waals surface area contributed by atoms with Crippen LogP contribution >= 0.6 is 23.4 Å². The van der Waals surface area contributed by atoms with Crippen molar-refractivity contribution in [2.45, 2.75) is 35.6 Å². The van der Waals surface area contributed by atoms with Gasteiger partial charge in [0.15, 0.2) is 0 Å². The molecule has 0 atom stereocenters. The molecule has 0 N–H and O–H groups in total. The molecule has 27 heavy (non-hydrogen) atoms. The molecule has 0 amide bonds. The van der Waals surface area contributed by atoms with E-state index in [4.69, 9.17) is 16.6 Å². The average Bonchev–Trinajstić information content (AvgIpc) is 2.98. The van der Waals surface area contributed by atoms with Gasteiger partial charge >= 0.3 is 0 Å². The van der Waals surface area contributed by atoms with Crippen LogP contribution in [0, 0.1) is 0 Å². The highest BCUT2D eigenvalue weighted by Gasteiger charge is 2.19. The second-order valence-corrected chi connectivity index (χ2v) is 9.80. The highest BCUT2D eigenvalue weighted by molar-refractivity contribution is 7.98. The van der Waals surface area contributed by atoms with Crippen molar-refractivity contribution in [3.8, 4) is 0 Å². The van der Waals surface area contributed by atoms with Gasteiger partial charge in [-0.2, -0.15) is 0 Å². The normalized spacial score (nSPS) is 12.2. The predicted octanol–water partition coefficient (Wildman–Crippen LogP) is 4.04. The van der Waals surface area contributed by atoms with Crippen LogP contribution in [0.15, 0.2) is 46.5 Å². The Balaban J connectivity index is 1.96. The number of pyridine rings is 1. The van der Waals surface area contributed by atoms with E-state index in [1.165, 1.54) is 18.4 Å². The molecule has 0 spiro atoms. The summed E-state index contributed by atoms with van der Waals surface area (Å²) in [6.07, 6.45) is 2.58. The van der Waals surface area contributed by atoms with E-state index in [1.807, 2.05) is 18.2 Å². The maximum atomic E-state index is 12.4. The SMILES string of the molecule is CCCn1c(CSc2ccc(Cl)cn2)nc2cc(S(=O)(=O)N(C)C)ccc21. The molecule has 2 aromatic heterocycles. The van der Waals surface area contributed by atoms with Crippen LogP contribution in [-0.4, -0.2) is 41.4 Å². The summed E-state index contributed by atoms with van der Waals surface area (Å²) < 4.78 is 28.2. The number of aryl methyl sites for hydroxylation is 1. The van der Waals surface area contributed by atoms with Crippen molar-refractivity contribution < 1.29 is 8.42 Å². The van der Waals surface area contributed by atoms with Crippen LogP contribution in [0.5, 0.6) is 0 Å². The fourth-order valence-corrected chi connectivity index (χ4v) is 4.52. The number of thioether (sulfide) groups is 1. The Morgan fingerprint density at radius 2 is 2.00 bits per heavy atom. The molecule has 0 aliphatic carbocycles. The molecule has 0 unspecified atom stereocenters. The van der Waals surface area contributed by atoms with Crippen LogP contribution in [0.1, 0.15) is 19.2 Å². The van der Waals surface area contributed by atoms with Gasteiger partial charge in [0.2, 0.25) is 10.0 Å². The van der Waals surface area contributed by atoms with Gasteiger partial charge < -0.3 is 4.57 Å². The predicted molar refractivity (Wildman–Crippen MR) is 110 cm³/mol. The molecule has 144 valence electrons. The molecule has 3 aromatic rings. The minimum atomic E-state index is -3.49. The van der Waals surface area contributed by atoms with Crippen LogP contribution < -0.4 is 0 Å². The first-order valence-corrected chi connectivity index (χ1v) is 11.3. The zero-order valence-corrected chi connectivity index (χ0v) is 17.8. The van der Waals surface area contributed by atoms with Crippen LogP contribution in [-0.2, 0) is 22.3 Å². The van der Waals surface area contributed by atoms with Gasteiger partial charge in [0.05, 0.1) is 31.7 Å². The highest BCUT2D eigenvalue weighted by atomic mass is 35.5. The number of sulfonamides is 1. The van der Waals surface area contributed by atoms with Gasteiger partial charge in [-0.05, 0) is 36.8 Å². The summed E-state index contributed by atoms with van der Waals surface area (Å²) in [7, 11) is -0.439. The topological polar surface area (TPSA) is 68.1 Å². The van der Waals surface area contributed by atoms with Crippen molar-refractivity contribution in [1.82, 2.24) is 18.8 Å². The quantitative estimate of drug-likeness (QED) is 0.535. The summed E-state index contributed by atoms with van der Waals surface area (Å²) in [5.41, 5.74) is 1.63. The summed E-state index contributed by atoms with van der Waals surface area (Å²) in [5, 5.41) is 1.47. The number of hydrogen-bond donors (Lipinski definition) is 0. The van der Waals surface area contributed by atoms with Crippen molar-refractivity contribution >= 4 is 44.4 Å². The summed E-state index contributed by atoms with van der Waals surface area (Å²) in [6, 6.07) is 8.81. The Labute approximate surface area is 168 Å². The minimum absolute atomic E-state index is 0.250. The minimum Gasteiger partial charge on any atom is -0.327 e. The van der Waals surface area contributed by atoms with Gasteiger partial charge in [0.1, 0.15) is 5.82 Å². The van der Waals surface area contributed by atoms with Crippen LogP contribution in [0.25, 0.3) is 11.0 Å². The van der Waals surface area contributed by atoms with Gasteiger partial charge in [-0.3, -0.25) is 0 Å².